The third-order valence-electron chi connectivity index (χ3n) is 7.17. The molecule has 10 heteroatoms. The molecule has 4 rings (SSSR count). The van der Waals surface area contributed by atoms with Crippen molar-refractivity contribution in [1.82, 2.24) is 5.32 Å². The first-order valence-electron chi connectivity index (χ1n) is 15.0. The van der Waals surface area contributed by atoms with Crippen LogP contribution in [0, 0.1) is 5.82 Å². The molecule has 240 valence electrons. The van der Waals surface area contributed by atoms with Gasteiger partial charge in [0.05, 0.1) is 13.7 Å². The summed E-state index contributed by atoms with van der Waals surface area (Å²) in [5.74, 6) is 0.220. The molecule has 2 atom stereocenters. The second-order valence-corrected chi connectivity index (χ2v) is 11.8. The number of esters is 1. The van der Waals surface area contributed by atoms with Crippen LogP contribution >= 0.6 is 0 Å². The number of hydrogen-bond donors (Lipinski definition) is 2. The van der Waals surface area contributed by atoms with E-state index >= 15 is 0 Å². The van der Waals surface area contributed by atoms with Crippen molar-refractivity contribution in [2.45, 2.75) is 63.7 Å². The number of ether oxygens (including phenoxy) is 4. The zero-order valence-corrected chi connectivity index (χ0v) is 26.2. The second-order valence-electron chi connectivity index (χ2n) is 11.8. The van der Waals surface area contributed by atoms with Crippen molar-refractivity contribution in [2.75, 3.05) is 26.9 Å². The summed E-state index contributed by atoms with van der Waals surface area (Å²) >= 11 is 0. The Balaban J connectivity index is 1.69. The van der Waals surface area contributed by atoms with E-state index in [-0.39, 0.29) is 37.7 Å². The molecule has 0 spiro atoms. The van der Waals surface area contributed by atoms with Gasteiger partial charge in [-0.3, -0.25) is 9.59 Å². The lowest BCUT2D eigenvalue weighted by molar-refractivity contribution is -0.155. The van der Waals surface area contributed by atoms with Crippen LogP contribution in [0.25, 0.3) is 0 Å². The molecule has 9 nitrogen and oxygen atoms in total. The quantitative estimate of drug-likeness (QED) is 0.185. The van der Waals surface area contributed by atoms with Crippen molar-refractivity contribution in [1.29, 1.82) is 0 Å². The Bertz CT molecular complexity index is 1470. The maximum Gasteiger partial charge on any atom is 0.306 e. The van der Waals surface area contributed by atoms with Gasteiger partial charge in [-0.1, -0.05) is 24.3 Å². The molecule has 2 N–H and O–H groups in total. The summed E-state index contributed by atoms with van der Waals surface area (Å²) in [4.78, 5) is 32.1. The van der Waals surface area contributed by atoms with E-state index in [1.54, 1.807) is 82.5 Å². The van der Waals surface area contributed by atoms with Gasteiger partial charge in [-0.25, -0.2) is 9.38 Å². The summed E-state index contributed by atoms with van der Waals surface area (Å²) in [7, 11) is 1.55. The zero-order chi connectivity index (χ0) is 32.5. The van der Waals surface area contributed by atoms with Gasteiger partial charge >= 0.3 is 5.97 Å². The number of methoxy groups -OCH3 is 1. The summed E-state index contributed by atoms with van der Waals surface area (Å²) < 4.78 is 36.6. The molecule has 1 aliphatic rings. The first-order chi connectivity index (χ1) is 21.5. The summed E-state index contributed by atoms with van der Waals surface area (Å²) in [6.07, 6.45) is 0.0128. The number of nitrogens with zero attached hydrogens (tertiary/aromatic N) is 1. The number of benzene rings is 3. The number of aliphatic hydroxyl groups is 1. The standard InChI is InChI=1S/C35H41FN2O7/c1-34(2,3)45-30(40)17-19-35(33(41)37-20-18-24-9-13-27(36)14-10-24)31(26-7-5-8-29(23-26)42-4)44-32(38-35)25-11-15-28(16-12-25)43-22-6-21-39/h5,7-16,23,31,39H,6,17-22H2,1-4H3,(H,37,41)/t31-,35-/m1/s1. The third-order valence-corrected chi connectivity index (χ3v) is 7.17. The molecule has 1 amide bonds. The number of aliphatic hydroxyl groups excluding tert-OH is 1. The van der Waals surface area contributed by atoms with Crippen molar-refractivity contribution in [3.63, 3.8) is 0 Å². The van der Waals surface area contributed by atoms with E-state index in [0.29, 0.717) is 42.1 Å². The van der Waals surface area contributed by atoms with E-state index in [9.17, 15) is 14.0 Å². The lowest BCUT2D eigenvalue weighted by atomic mass is 9.83. The number of aliphatic imine (C=N–C) groups is 1. The molecule has 0 bridgehead atoms. The average Bonchev–Trinajstić information content (AvgIpc) is 3.42. The number of nitrogens with one attached hydrogen (secondary N) is 1. The monoisotopic (exact) mass is 620 g/mol. The number of carbonyl (C=O) groups excluding carboxylic acids is 2. The van der Waals surface area contributed by atoms with Gasteiger partial charge in [-0.2, -0.15) is 0 Å². The van der Waals surface area contributed by atoms with Crippen LogP contribution in [-0.2, 0) is 25.5 Å². The van der Waals surface area contributed by atoms with Gasteiger partial charge in [0.1, 0.15) is 22.9 Å². The van der Waals surface area contributed by atoms with Gasteiger partial charge in [0, 0.05) is 31.6 Å². The normalized spacial score (nSPS) is 17.6. The fourth-order valence-electron chi connectivity index (χ4n) is 4.98. The Kier molecular flexibility index (Phi) is 11.2. The Labute approximate surface area is 263 Å². The first kappa shape index (κ1) is 33.5. The van der Waals surface area contributed by atoms with Crippen LogP contribution in [0.2, 0.25) is 0 Å². The van der Waals surface area contributed by atoms with E-state index in [1.165, 1.54) is 12.1 Å². The molecule has 0 fully saturated rings. The minimum atomic E-state index is -1.53. The average molecular weight is 621 g/mol. The number of rotatable bonds is 14. The van der Waals surface area contributed by atoms with Crippen LogP contribution in [-0.4, -0.2) is 60.9 Å². The molecule has 0 saturated carbocycles. The highest BCUT2D eigenvalue weighted by molar-refractivity contribution is 6.01. The maximum absolute atomic E-state index is 14.2. The third kappa shape index (κ3) is 9.04. The molecule has 45 heavy (non-hydrogen) atoms. The molecule has 1 aliphatic heterocycles. The molecule has 0 radical (unpaired) electrons. The smallest absolute Gasteiger partial charge is 0.306 e. The van der Waals surface area contributed by atoms with Crippen LogP contribution in [0.3, 0.4) is 0 Å². The molecule has 0 saturated heterocycles. The highest BCUT2D eigenvalue weighted by atomic mass is 19.1. The van der Waals surface area contributed by atoms with Crippen LogP contribution in [0.5, 0.6) is 11.5 Å². The van der Waals surface area contributed by atoms with Gasteiger partial charge in [0.2, 0.25) is 5.90 Å². The topological polar surface area (TPSA) is 116 Å². The molecule has 3 aromatic rings. The Morgan fingerprint density at radius 1 is 1.04 bits per heavy atom. The van der Waals surface area contributed by atoms with Gasteiger partial charge < -0.3 is 29.4 Å². The Morgan fingerprint density at radius 3 is 2.44 bits per heavy atom. The fraction of sp³-hybridized carbons (Fsp3) is 0.400. The van der Waals surface area contributed by atoms with E-state index in [2.05, 4.69) is 5.32 Å². The van der Waals surface area contributed by atoms with Crippen LogP contribution < -0.4 is 14.8 Å². The molecule has 0 aliphatic carbocycles. The predicted octanol–water partition coefficient (Wildman–Crippen LogP) is 5.33. The molecular weight excluding hydrogens is 579 g/mol. The molecule has 0 unspecified atom stereocenters. The molecule has 3 aromatic carbocycles. The molecule has 1 heterocycles. The maximum atomic E-state index is 14.2. The summed E-state index contributed by atoms with van der Waals surface area (Å²) in [6, 6.07) is 20.4. The van der Waals surface area contributed by atoms with Crippen molar-refractivity contribution in [3.05, 3.63) is 95.3 Å². The molecular formula is C35H41FN2O7. The van der Waals surface area contributed by atoms with E-state index < -0.39 is 29.1 Å². The SMILES string of the molecule is COc1cccc([C@H]2OC(c3ccc(OCCCO)cc3)=N[C@@]2(CCC(=O)OC(C)(C)C)C(=O)NCCc2ccc(F)cc2)c1. The predicted molar refractivity (Wildman–Crippen MR) is 168 cm³/mol. The lowest BCUT2D eigenvalue weighted by Crippen LogP contribution is -2.49. The Hall–Kier alpha value is -4.44. The number of hydrogen-bond acceptors (Lipinski definition) is 8. The van der Waals surface area contributed by atoms with Crippen molar-refractivity contribution >= 4 is 17.8 Å². The van der Waals surface area contributed by atoms with Gasteiger partial charge in [0.25, 0.3) is 5.91 Å². The number of halogens is 1. The van der Waals surface area contributed by atoms with Crippen LogP contribution in [0.1, 0.15) is 62.8 Å². The summed E-state index contributed by atoms with van der Waals surface area (Å²) in [5.41, 5.74) is -0.102. The minimum Gasteiger partial charge on any atom is -0.497 e. The van der Waals surface area contributed by atoms with Crippen LogP contribution in [0.15, 0.2) is 77.8 Å². The minimum absolute atomic E-state index is 0.0119. The van der Waals surface area contributed by atoms with E-state index in [0.717, 1.165) is 5.56 Å². The summed E-state index contributed by atoms with van der Waals surface area (Å²) in [5, 5.41) is 12.0. The van der Waals surface area contributed by atoms with Crippen molar-refractivity contribution in [3.8, 4) is 11.5 Å². The highest BCUT2D eigenvalue weighted by Crippen LogP contribution is 2.44. The summed E-state index contributed by atoms with van der Waals surface area (Å²) in [6.45, 7) is 6.02. The fourth-order valence-corrected chi connectivity index (χ4v) is 4.98. The van der Waals surface area contributed by atoms with Crippen molar-refractivity contribution < 1.29 is 38.0 Å². The highest BCUT2D eigenvalue weighted by Gasteiger charge is 2.53. The number of amides is 1. The zero-order valence-electron chi connectivity index (χ0n) is 26.2. The molecule has 0 aromatic heterocycles. The van der Waals surface area contributed by atoms with E-state index in [1.807, 2.05) is 6.07 Å². The van der Waals surface area contributed by atoms with Crippen molar-refractivity contribution in [2.24, 2.45) is 4.99 Å². The Morgan fingerprint density at radius 2 is 1.78 bits per heavy atom. The lowest BCUT2D eigenvalue weighted by Gasteiger charge is -2.31. The second kappa shape index (κ2) is 15.0. The first-order valence-corrected chi connectivity index (χ1v) is 15.0. The van der Waals surface area contributed by atoms with Gasteiger partial charge in [0.15, 0.2) is 11.6 Å². The van der Waals surface area contributed by atoms with Gasteiger partial charge in [-0.05, 0) is 93.3 Å². The number of carbonyl (C=O) groups is 2. The van der Waals surface area contributed by atoms with Gasteiger partial charge in [-0.15, -0.1) is 0 Å². The van der Waals surface area contributed by atoms with Crippen LogP contribution in [0.4, 0.5) is 4.39 Å². The largest absolute Gasteiger partial charge is 0.497 e. The van der Waals surface area contributed by atoms with E-state index in [4.69, 9.17) is 29.0 Å².